The van der Waals surface area contributed by atoms with Crippen LogP contribution in [0, 0.1) is 5.92 Å². The number of amides is 1. The molecule has 3 aromatic rings. The largest absolute Gasteiger partial charge is 0.491 e. The van der Waals surface area contributed by atoms with E-state index in [1.807, 2.05) is 13.8 Å². The second-order valence-corrected chi connectivity index (χ2v) is 7.70. The third kappa shape index (κ3) is 6.43. The molecule has 176 valence electrons. The minimum Gasteiger partial charge on any atom is -0.491 e. The van der Waals surface area contributed by atoms with Crippen molar-refractivity contribution in [2.75, 3.05) is 18.5 Å². The van der Waals surface area contributed by atoms with Gasteiger partial charge in [0.25, 0.3) is 5.91 Å². The highest BCUT2D eigenvalue weighted by Crippen LogP contribution is 2.31. The molecule has 0 atom stereocenters. The second kappa shape index (κ2) is 9.88. The smallest absolute Gasteiger partial charge is 0.433 e. The number of fused-ring (bicyclic) bond motifs is 1. The number of esters is 1. The maximum absolute atomic E-state index is 13.0. The van der Waals surface area contributed by atoms with Crippen LogP contribution in [0.1, 0.15) is 37.0 Å². The van der Waals surface area contributed by atoms with Gasteiger partial charge in [-0.05, 0) is 24.1 Å². The van der Waals surface area contributed by atoms with Gasteiger partial charge in [0, 0.05) is 24.6 Å². The van der Waals surface area contributed by atoms with Crippen molar-refractivity contribution in [1.82, 2.24) is 14.8 Å². The van der Waals surface area contributed by atoms with Gasteiger partial charge < -0.3 is 14.8 Å². The lowest BCUT2D eigenvalue weighted by Crippen LogP contribution is -2.17. The first kappa shape index (κ1) is 24.0. The number of nitrogens with one attached hydrogen (secondary N) is 1. The fraction of sp³-hybridized carbons (Fsp3) is 0.364. The summed E-state index contributed by atoms with van der Waals surface area (Å²) in [7, 11) is 0. The Morgan fingerprint density at radius 3 is 2.64 bits per heavy atom. The topological polar surface area (TPSA) is 95.3 Å². The van der Waals surface area contributed by atoms with Crippen LogP contribution in [0.3, 0.4) is 0 Å². The zero-order valence-corrected chi connectivity index (χ0v) is 18.3. The molecule has 0 aliphatic carbocycles. The van der Waals surface area contributed by atoms with Crippen LogP contribution < -0.4 is 10.1 Å². The quantitative estimate of drug-likeness (QED) is 0.500. The van der Waals surface area contributed by atoms with E-state index in [0.29, 0.717) is 29.8 Å². The molecule has 0 fully saturated rings. The number of anilines is 1. The van der Waals surface area contributed by atoms with Crippen LogP contribution in [0.15, 0.2) is 36.5 Å². The fourth-order valence-corrected chi connectivity index (χ4v) is 2.88. The Hall–Kier alpha value is -3.63. The summed E-state index contributed by atoms with van der Waals surface area (Å²) >= 11 is 0. The lowest BCUT2D eigenvalue weighted by Gasteiger charge is -2.14. The van der Waals surface area contributed by atoms with Gasteiger partial charge in [0.2, 0.25) is 0 Å². The molecule has 0 radical (unpaired) electrons. The Morgan fingerprint density at radius 2 is 1.97 bits per heavy atom. The van der Waals surface area contributed by atoms with E-state index >= 15 is 0 Å². The first-order valence-corrected chi connectivity index (χ1v) is 10.2. The van der Waals surface area contributed by atoms with E-state index in [4.69, 9.17) is 9.47 Å². The summed E-state index contributed by atoms with van der Waals surface area (Å²) < 4.78 is 51.2. The van der Waals surface area contributed by atoms with Crippen molar-refractivity contribution >= 4 is 28.5 Å². The minimum absolute atomic E-state index is 0.144. The predicted octanol–water partition coefficient (Wildman–Crippen LogP) is 4.30. The molecule has 0 spiro atoms. The van der Waals surface area contributed by atoms with Crippen LogP contribution in [0.2, 0.25) is 0 Å². The first-order chi connectivity index (χ1) is 15.5. The number of pyridine rings is 1. The molecule has 0 aliphatic rings. The molecule has 1 aromatic carbocycles. The van der Waals surface area contributed by atoms with E-state index in [-0.39, 0.29) is 23.9 Å². The van der Waals surface area contributed by atoms with Crippen molar-refractivity contribution in [3.05, 3.63) is 47.9 Å². The molecule has 0 aliphatic heterocycles. The molecule has 0 bridgehead atoms. The Labute approximate surface area is 187 Å². The average molecular weight is 464 g/mol. The lowest BCUT2D eigenvalue weighted by molar-refractivity contribution is -0.142. The SMILES string of the molecule is CC(=O)OCCn1cc2cc(NC(=O)c3cccc(C(F)(F)F)n3)c(OCC(C)C)cc2n1. The van der Waals surface area contributed by atoms with Crippen molar-refractivity contribution in [1.29, 1.82) is 0 Å². The Balaban J connectivity index is 1.89. The summed E-state index contributed by atoms with van der Waals surface area (Å²) in [5.74, 6) is -0.696. The molecule has 8 nitrogen and oxygen atoms in total. The summed E-state index contributed by atoms with van der Waals surface area (Å²) in [6.07, 6.45) is -2.97. The van der Waals surface area contributed by atoms with Gasteiger partial charge in [-0.3, -0.25) is 14.3 Å². The van der Waals surface area contributed by atoms with E-state index in [2.05, 4.69) is 15.4 Å². The van der Waals surface area contributed by atoms with Gasteiger partial charge >= 0.3 is 12.1 Å². The summed E-state index contributed by atoms with van der Waals surface area (Å²) in [5, 5.41) is 7.65. The number of benzene rings is 1. The monoisotopic (exact) mass is 464 g/mol. The van der Waals surface area contributed by atoms with Gasteiger partial charge in [0.05, 0.1) is 24.4 Å². The lowest BCUT2D eigenvalue weighted by atomic mass is 10.2. The number of alkyl halides is 3. The minimum atomic E-state index is -4.67. The number of ether oxygens (including phenoxy) is 2. The Morgan fingerprint density at radius 1 is 1.21 bits per heavy atom. The van der Waals surface area contributed by atoms with Gasteiger partial charge in [-0.15, -0.1) is 0 Å². The zero-order valence-electron chi connectivity index (χ0n) is 18.3. The highest BCUT2D eigenvalue weighted by atomic mass is 19.4. The summed E-state index contributed by atoms with van der Waals surface area (Å²) in [6.45, 7) is 6.03. The number of carbonyl (C=O) groups excluding carboxylic acids is 2. The number of aromatic nitrogens is 3. The van der Waals surface area contributed by atoms with Crippen molar-refractivity contribution in [3.8, 4) is 5.75 Å². The Kier molecular flexibility index (Phi) is 7.19. The molecule has 0 saturated carbocycles. The number of nitrogens with zero attached hydrogens (tertiary/aromatic N) is 3. The van der Waals surface area contributed by atoms with Gasteiger partial charge in [-0.25, -0.2) is 4.98 Å². The zero-order chi connectivity index (χ0) is 24.2. The van der Waals surface area contributed by atoms with Crippen molar-refractivity contribution < 1.29 is 32.2 Å². The standard InChI is InChI=1S/C22H23F3N4O4/c1-13(2)12-33-19-10-17-15(11-29(28-17)7-8-32-14(3)30)9-18(19)27-21(31)16-5-4-6-20(26-16)22(23,24)25/h4-6,9-11,13H,7-8,12H2,1-3H3,(H,27,31). The van der Waals surface area contributed by atoms with Crippen LogP contribution >= 0.6 is 0 Å². The van der Waals surface area contributed by atoms with E-state index in [9.17, 15) is 22.8 Å². The fourth-order valence-electron chi connectivity index (χ4n) is 2.88. The number of rotatable bonds is 8. The number of hydrogen-bond donors (Lipinski definition) is 1. The third-order valence-electron chi connectivity index (χ3n) is 4.37. The van der Waals surface area contributed by atoms with E-state index in [1.165, 1.54) is 13.0 Å². The second-order valence-electron chi connectivity index (χ2n) is 7.70. The highest BCUT2D eigenvalue weighted by molar-refractivity contribution is 6.05. The van der Waals surface area contributed by atoms with Gasteiger partial charge in [-0.1, -0.05) is 19.9 Å². The predicted molar refractivity (Wildman–Crippen MR) is 114 cm³/mol. The van der Waals surface area contributed by atoms with Gasteiger partial charge in [0.1, 0.15) is 23.7 Å². The molecule has 2 aromatic heterocycles. The summed E-state index contributed by atoms with van der Waals surface area (Å²) in [4.78, 5) is 27.0. The summed E-state index contributed by atoms with van der Waals surface area (Å²) in [5.41, 5.74) is -0.689. The molecular weight excluding hydrogens is 441 g/mol. The van der Waals surface area contributed by atoms with Crippen LogP contribution in [0.5, 0.6) is 5.75 Å². The molecule has 2 heterocycles. The van der Waals surface area contributed by atoms with Crippen LogP contribution in [-0.2, 0) is 22.3 Å². The van der Waals surface area contributed by atoms with Gasteiger partial charge in [-0.2, -0.15) is 18.3 Å². The molecule has 0 unspecified atom stereocenters. The number of hydrogen-bond acceptors (Lipinski definition) is 6. The van der Waals surface area contributed by atoms with Crippen molar-refractivity contribution in [2.24, 2.45) is 5.92 Å². The molecule has 0 saturated heterocycles. The molecule has 11 heteroatoms. The van der Waals surface area contributed by atoms with Crippen molar-refractivity contribution in [2.45, 2.75) is 33.5 Å². The highest BCUT2D eigenvalue weighted by Gasteiger charge is 2.33. The van der Waals surface area contributed by atoms with E-state index in [0.717, 1.165) is 12.1 Å². The Bertz CT molecular complexity index is 1160. The van der Waals surface area contributed by atoms with Crippen LogP contribution in [0.4, 0.5) is 18.9 Å². The molecule has 1 N–H and O–H groups in total. The molecule has 1 amide bonds. The molecule has 33 heavy (non-hydrogen) atoms. The third-order valence-corrected chi connectivity index (χ3v) is 4.37. The van der Waals surface area contributed by atoms with Crippen molar-refractivity contribution in [3.63, 3.8) is 0 Å². The number of carbonyl (C=O) groups is 2. The van der Waals surface area contributed by atoms with Crippen LogP contribution in [0.25, 0.3) is 10.9 Å². The summed E-state index contributed by atoms with van der Waals surface area (Å²) in [6, 6.07) is 6.37. The average Bonchev–Trinajstić information content (AvgIpc) is 3.12. The van der Waals surface area contributed by atoms with Crippen LogP contribution in [-0.4, -0.2) is 39.9 Å². The normalized spacial score (nSPS) is 11.6. The first-order valence-electron chi connectivity index (χ1n) is 10.2. The molecule has 3 rings (SSSR count). The van der Waals surface area contributed by atoms with E-state index < -0.39 is 23.7 Å². The molecular formula is C22H23F3N4O4. The number of halogens is 3. The van der Waals surface area contributed by atoms with E-state index in [1.54, 1.807) is 23.0 Å². The maximum Gasteiger partial charge on any atom is 0.433 e. The van der Waals surface area contributed by atoms with Gasteiger partial charge in [0.15, 0.2) is 0 Å². The maximum atomic E-state index is 13.0.